The van der Waals surface area contributed by atoms with Crippen LogP contribution in [-0.2, 0) is 0 Å². The van der Waals surface area contributed by atoms with E-state index >= 15 is 0 Å². The summed E-state index contributed by atoms with van der Waals surface area (Å²) in [6, 6.07) is 22.5. The fraction of sp³-hybridized carbons (Fsp3) is 0.0909. The number of para-hydroxylation sites is 1. The minimum absolute atomic E-state index is 0.497. The number of thioether (sulfide) groups is 1. The Labute approximate surface area is 198 Å². The normalized spacial score (nSPS) is 10.6. The number of nitrogens with zero attached hydrogens (tertiary/aromatic N) is 2. The number of rotatable bonds is 9. The topological polar surface area (TPSA) is 56.3 Å². The predicted octanol–water partition coefficient (Wildman–Crippen LogP) is 7.55. The summed E-state index contributed by atoms with van der Waals surface area (Å²) in [5.41, 5.74) is 0.911. The molecule has 0 atom stereocenters. The highest BCUT2D eigenvalue weighted by atomic mass is 35.5. The molecule has 0 fully saturated rings. The molecule has 0 bridgehead atoms. The molecule has 3 aromatic carbocycles. The van der Waals surface area contributed by atoms with Gasteiger partial charge in [0, 0.05) is 16.5 Å². The average molecular weight is 490 g/mol. The van der Waals surface area contributed by atoms with Crippen molar-refractivity contribution in [3.63, 3.8) is 0 Å². The molecule has 5 nitrogen and oxygen atoms in total. The van der Waals surface area contributed by atoms with Crippen molar-refractivity contribution in [1.29, 1.82) is 0 Å². The highest BCUT2D eigenvalue weighted by Gasteiger charge is 2.07. The van der Waals surface area contributed by atoms with Gasteiger partial charge in [-0.15, -0.1) is 10.2 Å². The molecule has 0 aliphatic heterocycles. The van der Waals surface area contributed by atoms with E-state index in [1.165, 1.54) is 11.3 Å². The van der Waals surface area contributed by atoms with Crippen LogP contribution in [0.5, 0.6) is 17.2 Å². The maximum Gasteiger partial charge on any atom is 0.210 e. The highest BCUT2D eigenvalue weighted by molar-refractivity contribution is 8.01. The zero-order chi connectivity index (χ0) is 21.5. The Morgan fingerprint density at radius 2 is 1.68 bits per heavy atom. The van der Waals surface area contributed by atoms with Crippen LogP contribution in [0.25, 0.3) is 0 Å². The van der Waals surface area contributed by atoms with Gasteiger partial charge in [-0.05, 0) is 54.6 Å². The van der Waals surface area contributed by atoms with Gasteiger partial charge in [0.15, 0.2) is 4.34 Å². The van der Waals surface area contributed by atoms with Gasteiger partial charge >= 0.3 is 0 Å². The molecule has 0 radical (unpaired) electrons. The lowest BCUT2D eigenvalue weighted by Crippen LogP contribution is -2.00. The van der Waals surface area contributed by atoms with Crippen LogP contribution in [0, 0.1) is 0 Å². The van der Waals surface area contributed by atoms with Crippen molar-refractivity contribution in [2.24, 2.45) is 0 Å². The van der Waals surface area contributed by atoms with Crippen molar-refractivity contribution in [3.8, 4) is 17.2 Å². The Balaban J connectivity index is 1.24. The maximum absolute atomic E-state index is 6.10. The Kier molecular flexibility index (Phi) is 7.53. The van der Waals surface area contributed by atoms with Crippen LogP contribution in [0.3, 0.4) is 0 Å². The van der Waals surface area contributed by atoms with E-state index in [9.17, 15) is 0 Å². The van der Waals surface area contributed by atoms with Crippen LogP contribution in [0.1, 0.15) is 0 Å². The quantitative estimate of drug-likeness (QED) is 0.193. The molecule has 0 spiro atoms. The summed E-state index contributed by atoms with van der Waals surface area (Å²) in [5.74, 6) is 2.91. The molecule has 158 valence electrons. The summed E-state index contributed by atoms with van der Waals surface area (Å²) in [7, 11) is 0. The molecule has 1 heterocycles. The number of benzene rings is 3. The maximum atomic E-state index is 6.10. The zero-order valence-corrected chi connectivity index (χ0v) is 19.3. The van der Waals surface area contributed by atoms with E-state index in [2.05, 4.69) is 15.5 Å². The number of hydrogen-bond acceptors (Lipinski definition) is 7. The second kappa shape index (κ2) is 10.7. The van der Waals surface area contributed by atoms with Gasteiger partial charge in [0.25, 0.3) is 0 Å². The van der Waals surface area contributed by atoms with Crippen molar-refractivity contribution < 1.29 is 9.47 Å². The van der Waals surface area contributed by atoms with Gasteiger partial charge in [0.2, 0.25) is 5.13 Å². The molecule has 4 rings (SSSR count). The number of ether oxygens (including phenoxy) is 2. The SMILES string of the molecule is Clc1ccc(OCCSc2nnc(Nc3ccc(Oc4ccccc4)cc3)s2)c(Cl)c1. The molecular weight excluding hydrogens is 473 g/mol. The van der Waals surface area contributed by atoms with Crippen LogP contribution in [0.2, 0.25) is 10.0 Å². The lowest BCUT2D eigenvalue weighted by atomic mass is 10.3. The highest BCUT2D eigenvalue weighted by Crippen LogP contribution is 2.30. The molecule has 9 heteroatoms. The van der Waals surface area contributed by atoms with Crippen LogP contribution in [0.4, 0.5) is 10.8 Å². The number of nitrogens with one attached hydrogen (secondary N) is 1. The second-order valence-electron chi connectivity index (χ2n) is 6.21. The van der Waals surface area contributed by atoms with Crippen LogP contribution < -0.4 is 14.8 Å². The molecule has 31 heavy (non-hydrogen) atoms. The van der Waals surface area contributed by atoms with Gasteiger partial charge in [-0.2, -0.15) is 0 Å². The largest absolute Gasteiger partial charge is 0.491 e. The van der Waals surface area contributed by atoms with Gasteiger partial charge in [0.1, 0.15) is 17.2 Å². The molecule has 0 aliphatic rings. The average Bonchev–Trinajstić information content (AvgIpc) is 3.22. The van der Waals surface area contributed by atoms with Crippen molar-refractivity contribution in [2.45, 2.75) is 4.34 Å². The lowest BCUT2D eigenvalue weighted by Gasteiger charge is -2.07. The first-order chi connectivity index (χ1) is 15.2. The van der Waals surface area contributed by atoms with Gasteiger partial charge in [-0.25, -0.2) is 0 Å². The molecule has 0 amide bonds. The van der Waals surface area contributed by atoms with Crippen LogP contribution in [0.15, 0.2) is 77.1 Å². The minimum atomic E-state index is 0.497. The number of hydrogen-bond donors (Lipinski definition) is 1. The van der Waals surface area contributed by atoms with Gasteiger partial charge in [-0.3, -0.25) is 0 Å². The van der Waals surface area contributed by atoms with E-state index in [1.54, 1.807) is 30.0 Å². The van der Waals surface area contributed by atoms with E-state index in [0.29, 0.717) is 22.4 Å². The molecule has 0 unspecified atom stereocenters. The summed E-state index contributed by atoms with van der Waals surface area (Å²) >= 11 is 15.1. The molecule has 1 N–H and O–H groups in total. The Bertz CT molecular complexity index is 1130. The van der Waals surface area contributed by atoms with E-state index in [-0.39, 0.29) is 0 Å². The Morgan fingerprint density at radius 3 is 2.45 bits per heavy atom. The monoisotopic (exact) mass is 489 g/mol. The van der Waals surface area contributed by atoms with E-state index in [0.717, 1.165) is 32.4 Å². The summed E-state index contributed by atoms with van der Waals surface area (Å²) in [4.78, 5) is 0. The first-order valence-corrected chi connectivity index (χ1v) is 11.9. The van der Waals surface area contributed by atoms with Crippen LogP contribution >= 0.6 is 46.3 Å². The second-order valence-corrected chi connectivity index (χ2v) is 9.37. The number of anilines is 2. The Morgan fingerprint density at radius 1 is 0.903 bits per heavy atom. The minimum Gasteiger partial charge on any atom is -0.491 e. The summed E-state index contributed by atoms with van der Waals surface area (Å²) in [6.07, 6.45) is 0. The predicted molar refractivity (Wildman–Crippen MR) is 129 cm³/mol. The van der Waals surface area contributed by atoms with Gasteiger partial charge in [-0.1, -0.05) is 64.5 Å². The van der Waals surface area contributed by atoms with Crippen LogP contribution in [-0.4, -0.2) is 22.6 Å². The molecule has 0 saturated carbocycles. The molecule has 1 aromatic heterocycles. The fourth-order valence-electron chi connectivity index (χ4n) is 2.55. The van der Waals surface area contributed by atoms with E-state index in [1.807, 2.05) is 54.6 Å². The van der Waals surface area contributed by atoms with Gasteiger partial charge in [0.05, 0.1) is 11.6 Å². The van der Waals surface area contributed by atoms with Crippen molar-refractivity contribution in [3.05, 3.63) is 82.8 Å². The van der Waals surface area contributed by atoms with Crippen molar-refractivity contribution in [2.75, 3.05) is 17.7 Å². The fourth-order valence-corrected chi connectivity index (χ4v) is 4.67. The third-order valence-electron chi connectivity index (χ3n) is 3.95. The number of halogens is 2. The van der Waals surface area contributed by atoms with E-state index in [4.69, 9.17) is 32.7 Å². The molecular formula is C22H17Cl2N3O2S2. The first kappa shape index (κ1) is 21.8. The van der Waals surface area contributed by atoms with Gasteiger partial charge < -0.3 is 14.8 Å². The lowest BCUT2D eigenvalue weighted by molar-refractivity contribution is 0.344. The summed E-state index contributed by atoms with van der Waals surface area (Å²) < 4.78 is 12.4. The van der Waals surface area contributed by atoms with Crippen molar-refractivity contribution >= 4 is 57.1 Å². The number of aromatic nitrogens is 2. The van der Waals surface area contributed by atoms with Crippen molar-refractivity contribution in [1.82, 2.24) is 10.2 Å². The summed E-state index contributed by atoms with van der Waals surface area (Å²) in [6.45, 7) is 0.497. The third-order valence-corrected chi connectivity index (χ3v) is 6.42. The molecule has 0 saturated heterocycles. The summed E-state index contributed by atoms with van der Waals surface area (Å²) in [5, 5.41) is 13.5. The Hall–Kier alpha value is -2.45. The standard InChI is InChI=1S/C22H17Cl2N3O2S2/c23-15-6-11-20(19(24)14-15)28-12-13-30-22-27-26-21(31-22)25-16-7-9-18(10-8-16)29-17-4-2-1-3-5-17/h1-11,14H,12-13H2,(H,25,26). The third kappa shape index (κ3) is 6.51. The molecule has 4 aromatic rings. The zero-order valence-electron chi connectivity index (χ0n) is 16.1. The van der Waals surface area contributed by atoms with E-state index < -0.39 is 0 Å². The first-order valence-electron chi connectivity index (χ1n) is 9.30. The molecule has 0 aliphatic carbocycles. The smallest absolute Gasteiger partial charge is 0.210 e.